The highest BCUT2D eigenvalue weighted by atomic mass is 14.3. The van der Waals surface area contributed by atoms with Crippen molar-refractivity contribution in [1.82, 2.24) is 0 Å². The van der Waals surface area contributed by atoms with Crippen LogP contribution in [0.15, 0.2) is 24.3 Å². The predicted octanol–water partition coefficient (Wildman–Crippen LogP) is 24.4. The molecule has 0 rings (SSSR count). The Bertz CT molecular complexity index is 969. The lowest BCUT2D eigenvalue weighted by Crippen LogP contribution is -2.23. The molecule has 0 spiro atoms. The first kappa shape index (κ1) is 65.5. The minimum absolute atomic E-state index is 0.856. The normalized spacial score (nSPS) is 15.2. The van der Waals surface area contributed by atoms with Crippen LogP contribution >= 0.6 is 0 Å². The van der Waals surface area contributed by atoms with Crippen LogP contribution in [0.1, 0.15) is 352 Å². The molecule has 0 aliphatic rings. The van der Waals surface area contributed by atoms with Gasteiger partial charge in [0, 0.05) is 0 Å². The fourth-order valence-electron chi connectivity index (χ4n) is 11.3. The van der Waals surface area contributed by atoms with Gasteiger partial charge in [0.15, 0.2) is 0 Å². The van der Waals surface area contributed by atoms with Crippen molar-refractivity contribution in [2.45, 2.75) is 352 Å². The topological polar surface area (TPSA) is 0 Å². The molecule has 0 N–H and O–H groups in total. The maximum Gasteiger partial charge on any atom is -0.0351 e. The van der Waals surface area contributed by atoms with Gasteiger partial charge in [-0.15, -0.1) is 0 Å². The summed E-state index contributed by atoms with van der Waals surface area (Å²) in [6.07, 6.45) is 72.8. The zero-order valence-corrected chi connectivity index (χ0v) is 48.0. The average molecular weight is 924 g/mol. The second kappa shape index (κ2) is 50.9. The smallest absolute Gasteiger partial charge is 0.0351 e. The van der Waals surface area contributed by atoms with Gasteiger partial charge in [-0.1, -0.05) is 312 Å². The molecule has 6 atom stereocenters. The van der Waals surface area contributed by atoms with Crippen molar-refractivity contribution >= 4 is 0 Å². The van der Waals surface area contributed by atoms with Crippen molar-refractivity contribution in [1.29, 1.82) is 0 Å². The summed E-state index contributed by atoms with van der Waals surface area (Å²) in [6.45, 7) is 24.6. The highest BCUT2D eigenvalue weighted by molar-refractivity contribution is 4.82. The van der Waals surface area contributed by atoms with Crippen LogP contribution in [-0.2, 0) is 0 Å². The first-order valence-corrected chi connectivity index (χ1v) is 31.4. The minimum atomic E-state index is 0.856. The second-order valence-corrected chi connectivity index (χ2v) is 24.3. The molecule has 0 saturated heterocycles. The predicted molar refractivity (Wildman–Crippen MR) is 306 cm³/mol. The Balaban J connectivity index is 5.27. The van der Waals surface area contributed by atoms with Crippen molar-refractivity contribution in [3.8, 4) is 0 Å². The van der Waals surface area contributed by atoms with Gasteiger partial charge < -0.3 is 0 Å². The van der Waals surface area contributed by atoms with Crippen LogP contribution in [0, 0.1) is 47.3 Å². The highest BCUT2D eigenvalue weighted by Gasteiger charge is 2.27. The summed E-state index contributed by atoms with van der Waals surface area (Å²) < 4.78 is 0. The molecule has 0 saturated carbocycles. The van der Waals surface area contributed by atoms with Gasteiger partial charge in [0.2, 0.25) is 0 Å². The van der Waals surface area contributed by atoms with Gasteiger partial charge in [-0.05, 0) is 112 Å². The van der Waals surface area contributed by atoms with E-state index in [0.29, 0.717) is 0 Å². The van der Waals surface area contributed by atoms with Gasteiger partial charge in [0.1, 0.15) is 0 Å². The fourth-order valence-corrected chi connectivity index (χ4v) is 11.3. The molecule has 0 aliphatic carbocycles. The lowest BCUT2D eigenvalue weighted by Gasteiger charge is -2.34. The third kappa shape index (κ3) is 47.2. The zero-order chi connectivity index (χ0) is 48.6. The minimum Gasteiger partial charge on any atom is -0.0885 e. The molecule has 0 aliphatic heterocycles. The number of rotatable bonds is 53. The Morgan fingerprint density at radius 1 is 0.242 bits per heavy atom. The van der Waals surface area contributed by atoms with Crippen LogP contribution < -0.4 is 0 Å². The molecule has 0 nitrogen and oxygen atoms in total. The number of hydrogen-bond donors (Lipinski definition) is 0. The summed E-state index contributed by atoms with van der Waals surface area (Å²) in [5, 5.41) is 0. The highest BCUT2D eigenvalue weighted by Crippen LogP contribution is 2.38. The summed E-state index contributed by atoms with van der Waals surface area (Å²) in [5.41, 5.74) is 0. The number of unbranched alkanes of at least 4 members (excludes halogenated alkanes) is 24. The third-order valence-electron chi connectivity index (χ3n) is 16.2. The lowest BCUT2D eigenvalue weighted by atomic mass is 9.72. The van der Waals surface area contributed by atoms with Crippen LogP contribution in [-0.4, -0.2) is 0 Å². The lowest BCUT2D eigenvalue weighted by molar-refractivity contribution is 0.170. The molecule has 0 heteroatoms. The number of allylic oxidation sites excluding steroid dienone is 4. The van der Waals surface area contributed by atoms with E-state index in [1.165, 1.54) is 283 Å². The van der Waals surface area contributed by atoms with Gasteiger partial charge in [0.25, 0.3) is 0 Å². The molecule has 0 bridgehead atoms. The van der Waals surface area contributed by atoms with E-state index in [0.717, 1.165) is 47.3 Å². The van der Waals surface area contributed by atoms with Crippen LogP contribution in [0.5, 0.6) is 0 Å². The molecule has 0 amide bonds. The number of hydrogen-bond acceptors (Lipinski definition) is 0. The Hall–Kier alpha value is -0.520. The van der Waals surface area contributed by atoms with Gasteiger partial charge in [0.05, 0.1) is 0 Å². The summed E-state index contributed by atoms with van der Waals surface area (Å²) in [6, 6.07) is 0. The van der Waals surface area contributed by atoms with Crippen LogP contribution in [0.25, 0.3) is 0 Å². The Labute approximate surface area is 421 Å². The van der Waals surface area contributed by atoms with Crippen molar-refractivity contribution < 1.29 is 0 Å². The summed E-state index contributed by atoms with van der Waals surface area (Å²) in [5.74, 6) is 7.19. The monoisotopic (exact) mass is 923 g/mol. The van der Waals surface area contributed by atoms with E-state index in [1.807, 2.05) is 0 Å². The Kier molecular flexibility index (Phi) is 50.5. The summed E-state index contributed by atoms with van der Waals surface area (Å²) in [4.78, 5) is 0. The third-order valence-corrected chi connectivity index (χ3v) is 16.2. The molecule has 0 aromatic heterocycles. The fraction of sp³-hybridized carbons (Fsp3) is 0.939. The Morgan fingerprint density at radius 2 is 0.545 bits per heavy atom. The Morgan fingerprint density at radius 3 is 0.924 bits per heavy atom. The van der Waals surface area contributed by atoms with E-state index < -0.39 is 0 Å². The molecule has 6 unspecified atom stereocenters. The van der Waals surface area contributed by atoms with Gasteiger partial charge >= 0.3 is 0 Å². The molecule has 66 heavy (non-hydrogen) atoms. The van der Waals surface area contributed by atoms with Crippen molar-refractivity contribution in [2.24, 2.45) is 47.3 Å². The molecule has 0 heterocycles. The van der Waals surface area contributed by atoms with E-state index in [-0.39, 0.29) is 0 Å². The van der Waals surface area contributed by atoms with E-state index in [2.05, 4.69) is 93.5 Å². The first-order chi connectivity index (χ1) is 32.1. The molecule has 0 aromatic carbocycles. The SMILES string of the molecule is CCCCCCCCC=CCCCCCCCCC(CCC(C)CCCC(C)CCCC(C)C)C(CCCCCCCCC=CCCCCCCCC)C(C)CCCC(C)CCCC(C)C. The molecular weight excluding hydrogens is 793 g/mol. The van der Waals surface area contributed by atoms with Crippen molar-refractivity contribution in [3.63, 3.8) is 0 Å². The van der Waals surface area contributed by atoms with E-state index in [9.17, 15) is 0 Å². The van der Waals surface area contributed by atoms with Crippen LogP contribution in [0.3, 0.4) is 0 Å². The molecule has 394 valence electrons. The second-order valence-electron chi connectivity index (χ2n) is 24.3. The average Bonchev–Trinajstić information content (AvgIpc) is 3.28. The van der Waals surface area contributed by atoms with Crippen molar-refractivity contribution in [3.05, 3.63) is 24.3 Å². The zero-order valence-electron chi connectivity index (χ0n) is 48.0. The summed E-state index contributed by atoms with van der Waals surface area (Å²) in [7, 11) is 0. The van der Waals surface area contributed by atoms with Gasteiger partial charge in [-0.2, -0.15) is 0 Å². The molecule has 0 radical (unpaired) electrons. The van der Waals surface area contributed by atoms with Gasteiger partial charge in [-0.25, -0.2) is 0 Å². The first-order valence-electron chi connectivity index (χ1n) is 31.4. The van der Waals surface area contributed by atoms with Crippen molar-refractivity contribution in [2.75, 3.05) is 0 Å². The standard InChI is InChI=1S/C66H130/c1-11-13-15-17-19-21-23-25-27-29-31-33-35-37-39-41-55-65(58-57-63(9)52-45-51-61(7)49-43-47-59(3)4)66(64(10)54-46-53-62(8)50-44-48-60(5)6)56-42-40-38-36-34-32-30-28-26-24-22-20-18-16-14-12-2/h25-28,59-66H,11-24,29-58H2,1-10H3. The largest absolute Gasteiger partial charge is 0.0885 e. The summed E-state index contributed by atoms with van der Waals surface area (Å²) >= 11 is 0. The van der Waals surface area contributed by atoms with Crippen LogP contribution in [0.4, 0.5) is 0 Å². The van der Waals surface area contributed by atoms with Gasteiger partial charge in [-0.3, -0.25) is 0 Å². The maximum atomic E-state index is 2.72. The van der Waals surface area contributed by atoms with Crippen LogP contribution in [0.2, 0.25) is 0 Å². The molecule has 0 fully saturated rings. The van der Waals surface area contributed by atoms with E-state index in [1.54, 1.807) is 0 Å². The maximum absolute atomic E-state index is 2.72. The molecule has 0 aromatic rings. The van der Waals surface area contributed by atoms with E-state index in [4.69, 9.17) is 0 Å². The van der Waals surface area contributed by atoms with E-state index >= 15 is 0 Å². The molecular formula is C66H130. The quantitative estimate of drug-likeness (QED) is 0.0421.